The van der Waals surface area contributed by atoms with Gasteiger partial charge in [0.25, 0.3) is 0 Å². The number of benzene rings is 1. The van der Waals surface area contributed by atoms with Gasteiger partial charge in [0.05, 0.1) is 0 Å². The summed E-state index contributed by atoms with van der Waals surface area (Å²) in [4.78, 5) is 21.5. The van der Waals surface area contributed by atoms with Gasteiger partial charge in [-0.05, 0) is 67.1 Å². The molecule has 0 bridgehead atoms. The van der Waals surface area contributed by atoms with E-state index in [0.29, 0.717) is 5.92 Å². The SMILES string of the molecule is Cc1nc2c3c(ccc2o1)CC[C@@H](C)[C@@]3(C)CCN(C)C(=O)N1CCCCC1. The molecule has 2 heterocycles. The van der Waals surface area contributed by atoms with Crippen LogP contribution in [0.3, 0.4) is 0 Å². The molecule has 0 unspecified atom stereocenters. The summed E-state index contributed by atoms with van der Waals surface area (Å²) in [7, 11) is 1.95. The van der Waals surface area contributed by atoms with Crippen LogP contribution in [0.1, 0.15) is 63.0 Å². The van der Waals surface area contributed by atoms with Gasteiger partial charge in [-0.25, -0.2) is 9.78 Å². The van der Waals surface area contributed by atoms with E-state index in [2.05, 4.69) is 26.0 Å². The number of carbonyl (C=O) groups excluding carboxylic acids is 1. The van der Waals surface area contributed by atoms with E-state index in [1.807, 2.05) is 23.8 Å². The van der Waals surface area contributed by atoms with E-state index in [1.54, 1.807) is 0 Å². The Morgan fingerprint density at radius 3 is 2.82 bits per heavy atom. The average molecular weight is 384 g/mol. The fourth-order valence-corrected chi connectivity index (χ4v) is 5.12. The van der Waals surface area contributed by atoms with Crippen molar-refractivity contribution in [1.82, 2.24) is 14.8 Å². The highest BCUT2D eigenvalue weighted by atomic mass is 16.3. The second-order valence-electron chi connectivity index (χ2n) is 9.04. The predicted molar refractivity (Wildman–Crippen MR) is 112 cm³/mol. The largest absolute Gasteiger partial charge is 0.441 e. The van der Waals surface area contributed by atoms with Crippen molar-refractivity contribution in [3.63, 3.8) is 0 Å². The van der Waals surface area contributed by atoms with Crippen molar-refractivity contribution < 1.29 is 9.21 Å². The second-order valence-corrected chi connectivity index (χ2v) is 9.04. The number of piperidine rings is 1. The molecule has 2 atom stereocenters. The van der Waals surface area contributed by atoms with Gasteiger partial charge < -0.3 is 14.2 Å². The summed E-state index contributed by atoms with van der Waals surface area (Å²) in [6.07, 6.45) is 6.72. The molecule has 5 heteroatoms. The Morgan fingerprint density at radius 2 is 2.07 bits per heavy atom. The lowest BCUT2D eigenvalue weighted by atomic mass is 9.63. The molecule has 2 aromatic rings. The molecule has 0 saturated carbocycles. The van der Waals surface area contributed by atoms with Gasteiger partial charge in [-0.2, -0.15) is 0 Å². The number of likely N-dealkylation sites (tertiary alicyclic amines) is 1. The lowest BCUT2D eigenvalue weighted by molar-refractivity contribution is 0.145. The Kier molecular flexibility index (Phi) is 5.11. The first-order valence-electron chi connectivity index (χ1n) is 10.8. The third kappa shape index (κ3) is 3.29. The summed E-state index contributed by atoms with van der Waals surface area (Å²) in [5, 5.41) is 0. The van der Waals surface area contributed by atoms with Crippen molar-refractivity contribution >= 4 is 17.1 Å². The molecule has 152 valence electrons. The van der Waals surface area contributed by atoms with Crippen LogP contribution in [0.15, 0.2) is 16.5 Å². The van der Waals surface area contributed by atoms with Gasteiger partial charge in [0.2, 0.25) is 0 Å². The van der Waals surface area contributed by atoms with Crippen LogP contribution in [0.5, 0.6) is 0 Å². The lowest BCUT2D eigenvalue weighted by Crippen LogP contribution is -2.46. The fraction of sp³-hybridized carbons (Fsp3) is 0.652. The number of amides is 2. The molecule has 1 aliphatic heterocycles. The van der Waals surface area contributed by atoms with Crippen molar-refractivity contribution in [2.45, 2.75) is 64.7 Å². The first-order valence-corrected chi connectivity index (χ1v) is 10.8. The molecule has 1 aliphatic carbocycles. The van der Waals surface area contributed by atoms with E-state index in [9.17, 15) is 4.79 Å². The van der Waals surface area contributed by atoms with Gasteiger partial charge in [-0.3, -0.25) is 0 Å². The number of rotatable bonds is 3. The first kappa shape index (κ1) is 19.3. The Bertz CT molecular complexity index is 868. The highest BCUT2D eigenvalue weighted by molar-refractivity contribution is 5.80. The summed E-state index contributed by atoms with van der Waals surface area (Å²) >= 11 is 0. The third-order valence-electron chi connectivity index (χ3n) is 7.18. The van der Waals surface area contributed by atoms with Crippen molar-refractivity contribution in [2.24, 2.45) is 5.92 Å². The Labute approximate surface area is 168 Å². The van der Waals surface area contributed by atoms with E-state index in [0.717, 1.165) is 62.3 Å². The minimum atomic E-state index is -0.00710. The van der Waals surface area contributed by atoms with E-state index in [-0.39, 0.29) is 11.4 Å². The number of hydrogen-bond acceptors (Lipinski definition) is 3. The van der Waals surface area contributed by atoms with Crippen molar-refractivity contribution in [2.75, 3.05) is 26.7 Å². The molecule has 0 spiro atoms. The maximum Gasteiger partial charge on any atom is 0.319 e. The molecule has 1 aromatic carbocycles. The van der Waals surface area contributed by atoms with Crippen molar-refractivity contribution in [3.8, 4) is 0 Å². The molecular formula is C23H33N3O2. The van der Waals surface area contributed by atoms with Gasteiger partial charge in [-0.1, -0.05) is 19.9 Å². The van der Waals surface area contributed by atoms with Crippen LogP contribution in [0.4, 0.5) is 4.79 Å². The second kappa shape index (κ2) is 7.41. The number of fused-ring (bicyclic) bond motifs is 3. The molecule has 0 radical (unpaired) electrons. The van der Waals surface area contributed by atoms with Crippen LogP contribution in [0, 0.1) is 12.8 Å². The van der Waals surface area contributed by atoms with Crippen LogP contribution in [-0.4, -0.2) is 47.5 Å². The number of urea groups is 1. The van der Waals surface area contributed by atoms with Gasteiger partial charge in [0, 0.05) is 33.6 Å². The van der Waals surface area contributed by atoms with Gasteiger partial charge >= 0.3 is 6.03 Å². The Morgan fingerprint density at radius 1 is 1.32 bits per heavy atom. The summed E-state index contributed by atoms with van der Waals surface area (Å²) in [5.74, 6) is 1.27. The summed E-state index contributed by atoms with van der Waals surface area (Å²) in [6, 6.07) is 4.47. The van der Waals surface area contributed by atoms with Gasteiger partial charge in [-0.15, -0.1) is 0 Å². The lowest BCUT2D eigenvalue weighted by Gasteiger charge is -2.43. The molecule has 1 fully saturated rings. The van der Waals surface area contributed by atoms with Crippen LogP contribution in [-0.2, 0) is 11.8 Å². The smallest absolute Gasteiger partial charge is 0.319 e. The summed E-state index contributed by atoms with van der Waals surface area (Å²) in [5.41, 5.74) is 4.64. The van der Waals surface area contributed by atoms with Crippen LogP contribution < -0.4 is 0 Å². The van der Waals surface area contributed by atoms with Crippen LogP contribution in [0.25, 0.3) is 11.1 Å². The zero-order valence-electron chi connectivity index (χ0n) is 17.8. The van der Waals surface area contributed by atoms with Crippen LogP contribution >= 0.6 is 0 Å². The van der Waals surface area contributed by atoms with E-state index in [4.69, 9.17) is 9.40 Å². The number of aryl methyl sites for hydroxylation is 2. The quantitative estimate of drug-likeness (QED) is 0.757. The maximum atomic E-state index is 12.8. The number of aromatic nitrogens is 1. The first-order chi connectivity index (χ1) is 13.4. The number of hydrogen-bond donors (Lipinski definition) is 0. The molecule has 5 nitrogen and oxygen atoms in total. The van der Waals surface area contributed by atoms with E-state index in [1.165, 1.54) is 24.0 Å². The summed E-state index contributed by atoms with van der Waals surface area (Å²) in [6.45, 7) is 9.19. The molecule has 2 amide bonds. The minimum Gasteiger partial charge on any atom is -0.441 e. The predicted octanol–water partition coefficient (Wildman–Crippen LogP) is 4.90. The highest BCUT2D eigenvalue weighted by Gasteiger charge is 2.40. The minimum absolute atomic E-state index is 0.00710. The highest BCUT2D eigenvalue weighted by Crippen LogP contribution is 2.46. The number of oxazole rings is 1. The zero-order valence-corrected chi connectivity index (χ0v) is 17.8. The third-order valence-corrected chi connectivity index (χ3v) is 7.18. The standard InChI is InChI=1S/C23H33N3O2/c1-16-8-9-18-10-11-19-21(24-17(2)28-19)20(18)23(16,3)12-15-25(4)22(27)26-13-6-5-7-14-26/h10-11,16H,5-9,12-15H2,1-4H3/t16-,23-/m1/s1. The number of nitrogens with zero attached hydrogens (tertiary/aromatic N) is 3. The van der Waals surface area contributed by atoms with Crippen LogP contribution in [0.2, 0.25) is 0 Å². The molecular weight excluding hydrogens is 350 g/mol. The van der Waals surface area contributed by atoms with E-state index < -0.39 is 0 Å². The molecule has 28 heavy (non-hydrogen) atoms. The molecule has 2 aliphatic rings. The van der Waals surface area contributed by atoms with E-state index >= 15 is 0 Å². The number of carbonyl (C=O) groups is 1. The monoisotopic (exact) mass is 383 g/mol. The molecule has 1 aromatic heterocycles. The fourth-order valence-electron chi connectivity index (χ4n) is 5.12. The average Bonchev–Trinajstić information content (AvgIpc) is 3.09. The van der Waals surface area contributed by atoms with Gasteiger partial charge in [0.15, 0.2) is 11.5 Å². The normalized spacial score (nSPS) is 25.0. The van der Waals surface area contributed by atoms with Crippen molar-refractivity contribution in [1.29, 1.82) is 0 Å². The molecule has 1 saturated heterocycles. The molecule has 4 rings (SSSR count). The Hall–Kier alpha value is -2.04. The molecule has 0 N–H and O–H groups in total. The van der Waals surface area contributed by atoms with Crippen molar-refractivity contribution in [3.05, 3.63) is 29.2 Å². The Balaban J connectivity index is 1.58. The van der Waals surface area contributed by atoms with Gasteiger partial charge in [0.1, 0.15) is 5.52 Å². The topological polar surface area (TPSA) is 49.6 Å². The maximum absolute atomic E-state index is 12.8. The summed E-state index contributed by atoms with van der Waals surface area (Å²) < 4.78 is 5.82. The zero-order chi connectivity index (χ0) is 19.9.